The Morgan fingerprint density at radius 2 is 1.53 bits per heavy atom. The van der Waals surface area contributed by atoms with Crippen molar-refractivity contribution in [2.45, 2.75) is 6.10 Å². The fourth-order valence-electron chi connectivity index (χ4n) is 2.72. The van der Waals surface area contributed by atoms with E-state index < -0.39 is 0 Å². The van der Waals surface area contributed by atoms with Crippen molar-refractivity contribution in [3.8, 4) is 0 Å². The summed E-state index contributed by atoms with van der Waals surface area (Å²) in [7, 11) is 3.45. The number of fused-ring (bicyclic) bond motifs is 1. The first-order valence-corrected chi connectivity index (χ1v) is 6.32. The van der Waals surface area contributed by atoms with Crippen LogP contribution < -0.4 is 0 Å². The number of ether oxygens (including phenoxy) is 2. The van der Waals surface area contributed by atoms with E-state index in [2.05, 4.69) is 24.3 Å². The van der Waals surface area contributed by atoms with Crippen molar-refractivity contribution in [1.29, 1.82) is 0 Å². The quantitative estimate of drug-likeness (QED) is 0.824. The van der Waals surface area contributed by atoms with Crippen molar-refractivity contribution in [2.24, 2.45) is 0 Å². The first-order valence-electron chi connectivity index (χ1n) is 6.32. The molecule has 2 aromatic carbocycles. The van der Waals surface area contributed by atoms with Gasteiger partial charge in [-0.25, -0.2) is 0 Å². The van der Waals surface area contributed by atoms with Gasteiger partial charge in [0.05, 0.1) is 7.11 Å². The molecule has 0 heterocycles. The summed E-state index contributed by atoms with van der Waals surface area (Å²) in [5, 5.41) is 0. The van der Waals surface area contributed by atoms with Crippen LogP contribution in [0.3, 0.4) is 0 Å². The molecule has 0 N–H and O–H groups in total. The van der Waals surface area contributed by atoms with Crippen molar-refractivity contribution >= 4 is 11.3 Å². The topological polar surface area (TPSA) is 18.5 Å². The van der Waals surface area contributed by atoms with E-state index in [1.807, 2.05) is 30.3 Å². The average Bonchev–Trinajstić information content (AvgIpc) is 2.81. The Labute approximate surface area is 113 Å². The van der Waals surface area contributed by atoms with Gasteiger partial charge in [0.25, 0.3) is 0 Å². The molecular formula is C17H16O2. The molecule has 0 saturated heterocycles. The van der Waals surface area contributed by atoms with E-state index in [9.17, 15) is 0 Å². The van der Waals surface area contributed by atoms with Gasteiger partial charge in [0, 0.05) is 18.2 Å². The molecule has 0 aromatic heterocycles. The Kier molecular flexibility index (Phi) is 3.10. The highest BCUT2D eigenvalue weighted by Gasteiger charge is 2.32. The first-order chi connectivity index (χ1) is 9.36. The third-order valence-corrected chi connectivity index (χ3v) is 3.52. The second-order valence-electron chi connectivity index (χ2n) is 4.52. The van der Waals surface area contributed by atoms with E-state index in [1.54, 1.807) is 14.2 Å². The Balaban J connectivity index is 2.22. The maximum Gasteiger partial charge on any atom is 0.133 e. The number of hydrogen-bond acceptors (Lipinski definition) is 2. The van der Waals surface area contributed by atoms with Crippen LogP contribution in [0.2, 0.25) is 0 Å². The average molecular weight is 252 g/mol. The molecule has 19 heavy (non-hydrogen) atoms. The number of rotatable bonds is 3. The molecule has 3 rings (SSSR count). The van der Waals surface area contributed by atoms with Crippen LogP contribution in [0, 0.1) is 0 Å². The highest BCUT2D eigenvalue weighted by molar-refractivity contribution is 5.96. The van der Waals surface area contributed by atoms with Crippen LogP contribution in [0.4, 0.5) is 0 Å². The molecular weight excluding hydrogens is 236 g/mol. The van der Waals surface area contributed by atoms with Crippen LogP contribution in [0.1, 0.15) is 22.8 Å². The smallest absolute Gasteiger partial charge is 0.133 e. The van der Waals surface area contributed by atoms with Gasteiger partial charge in [-0.05, 0) is 11.1 Å². The normalized spacial score (nSPS) is 17.5. The molecule has 2 heteroatoms. The molecule has 0 bridgehead atoms. The fraction of sp³-hybridized carbons (Fsp3) is 0.176. The van der Waals surface area contributed by atoms with Crippen molar-refractivity contribution < 1.29 is 9.47 Å². The van der Waals surface area contributed by atoms with Gasteiger partial charge in [0.1, 0.15) is 11.9 Å². The van der Waals surface area contributed by atoms with E-state index in [-0.39, 0.29) is 6.10 Å². The monoisotopic (exact) mass is 252 g/mol. The molecule has 1 aliphatic rings. The van der Waals surface area contributed by atoms with Gasteiger partial charge in [0.2, 0.25) is 0 Å². The summed E-state index contributed by atoms with van der Waals surface area (Å²) in [5.74, 6) is 0.911. The van der Waals surface area contributed by atoms with Gasteiger partial charge >= 0.3 is 0 Å². The molecule has 96 valence electrons. The minimum Gasteiger partial charge on any atom is -0.496 e. The SMILES string of the molecule is COC1=C(c2ccccc2)C(OC)c2ccccc21. The van der Waals surface area contributed by atoms with E-state index in [1.165, 1.54) is 5.56 Å². The molecule has 1 aliphatic carbocycles. The third-order valence-electron chi connectivity index (χ3n) is 3.52. The summed E-state index contributed by atoms with van der Waals surface area (Å²) in [4.78, 5) is 0. The predicted molar refractivity (Wildman–Crippen MR) is 76.5 cm³/mol. The molecule has 1 unspecified atom stereocenters. The molecule has 0 saturated carbocycles. The lowest BCUT2D eigenvalue weighted by molar-refractivity contribution is 0.152. The summed E-state index contributed by atoms with van der Waals surface area (Å²) < 4.78 is 11.3. The van der Waals surface area contributed by atoms with Gasteiger partial charge in [-0.2, -0.15) is 0 Å². The maximum absolute atomic E-state index is 5.70. The van der Waals surface area contributed by atoms with Gasteiger partial charge < -0.3 is 9.47 Å². The van der Waals surface area contributed by atoms with Crippen LogP contribution in [-0.4, -0.2) is 14.2 Å². The first kappa shape index (κ1) is 12.0. The van der Waals surface area contributed by atoms with Crippen molar-refractivity contribution in [1.82, 2.24) is 0 Å². The Morgan fingerprint density at radius 3 is 2.21 bits per heavy atom. The van der Waals surface area contributed by atoms with Gasteiger partial charge in [-0.15, -0.1) is 0 Å². The lowest BCUT2D eigenvalue weighted by Gasteiger charge is -2.15. The zero-order valence-electron chi connectivity index (χ0n) is 11.1. The van der Waals surface area contributed by atoms with Crippen LogP contribution in [0.5, 0.6) is 0 Å². The molecule has 2 nitrogen and oxygen atoms in total. The zero-order chi connectivity index (χ0) is 13.2. The summed E-state index contributed by atoms with van der Waals surface area (Å²) >= 11 is 0. The highest BCUT2D eigenvalue weighted by Crippen LogP contribution is 2.47. The van der Waals surface area contributed by atoms with E-state index >= 15 is 0 Å². The number of methoxy groups -OCH3 is 2. The molecule has 0 radical (unpaired) electrons. The lowest BCUT2D eigenvalue weighted by Crippen LogP contribution is -2.01. The van der Waals surface area contributed by atoms with Crippen molar-refractivity contribution in [3.63, 3.8) is 0 Å². The summed E-state index contributed by atoms with van der Waals surface area (Å²) in [6.07, 6.45) is -0.0615. The maximum atomic E-state index is 5.70. The Bertz CT molecular complexity index is 614. The van der Waals surface area contributed by atoms with Gasteiger partial charge in [-0.3, -0.25) is 0 Å². The standard InChI is InChI=1S/C17H16O2/c1-18-16-13-10-6-7-11-14(13)17(19-2)15(16)12-8-4-3-5-9-12/h3-11,16H,1-2H3. The van der Waals surface area contributed by atoms with Crippen LogP contribution in [0.15, 0.2) is 54.6 Å². The van der Waals surface area contributed by atoms with Crippen molar-refractivity contribution in [2.75, 3.05) is 14.2 Å². The highest BCUT2D eigenvalue weighted by atomic mass is 16.5. The van der Waals surface area contributed by atoms with Crippen LogP contribution in [-0.2, 0) is 9.47 Å². The molecule has 0 amide bonds. The fourth-order valence-corrected chi connectivity index (χ4v) is 2.72. The van der Waals surface area contributed by atoms with Crippen LogP contribution in [0.25, 0.3) is 11.3 Å². The minimum absolute atomic E-state index is 0.0615. The number of hydrogen-bond donors (Lipinski definition) is 0. The molecule has 0 spiro atoms. The van der Waals surface area contributed by atoms with E-state index in [0.717, 1.165) is 22.5 Å². The molecule has 0 fully saturated rings. The second kappa shape index (κ2) is 4.90. The number of benzene rings is 2. The minimum atomic E-state index is -0.0615. The molecule has 2 aromatic rings. The van der Waals surface area contributed by atoms with Gasteiger partial charge in [0.15, 0.2) is 0 Å². The molecule has 0 aliphatic heterocycles. The van der Waals surface area contributed by atoms with Crippen LogP contribution >= 0.6 is 0 Å². The Hall–Kier alpha value is -2.06. The summed E-state index contributed by atoms with van der Waals surface area (Å²) in [6, 6.07) is 18.5. The molecule has 1 atom stereocenters. The van der Waals surface area contributed by atoms with E-state index in [4.69, 9.17) is 9.47 Å². The van der Waals surface area contributed by atoms with E-state index in [0.29, 0.717) is 0 Å². The lowest BCUT2D eigenvalue weighted by atomic mass is 10.0. The summed E-state index contributed by atoms with van der Waals surface area (Å²) in [5.41, 5.74) is 4.53. The third kappa shape index (κ3) is 1.85. The predicted octanol–water partition coefficient (Wildman–Crippen LogP) is 3.90. The Morgan fingerprint density at radius 1 is 0.842 bits per heavy atom. The van der Waals surface area contributed by atoms with Crippen molar-refractivity contribution in [3.05, 3.63) is 71.3 Å². The van der Waals surface area contributed by atoms with Gasteiger partial charge in [-0.1, -0.05) is 54.6 Å². The second-order valence-corrected chi connectivity index (χ2v) is 4.52. The summed E-state index contributed by atoms with van der Waals surface area (Å²) in [6.45, 7) is 0. The zero-order valence-corrected chi connectivity index (χ0v) is 11.1. The largest absolute Gasteiger partial charge is 0.496 e.